The Morgan fingerprint density at radius 1 is 1.12 bits per heavy atom. The molecule has 3 aromatic rings. The molecule has 0 bridgehead atoms. The maximum atomic E-state index is 11.5. The van der Waals surface area contributed by atoms with Gasteiger partial charge in [-0.2, -0.15) is 0 Å². The van der Waals surface area contributed by atoms with Gasteiger partial charge in [0.1, 0.15) is 0 Å². The van der Waals surface area contributed by atoms with Crippen molar-refractivity contribution >= 4 is 28.6 Å². The van der Waals surface area contributed by atoms with Gasteiger partial charge in [0.2, 0.25) is 0 Å². The van der Waals surface area contributed by atoms with Gasteiger partial charge in [-0.25, -0.2) is 4.79 Å². The number of methoxy groups -OCH3 is 1. The van der Waals surface area contributed by atoms with Crippen LogP contribution < -0.4 is 5.32 Å². The second-order valence-electron chi connectivity index (χ2n) is 5.84. The van der Waals surface area contributed by atoms with Gasteiger partial charge in [-0.3, -0.25) is 4.98 Å². The highest BCUT2D eigenvalue weighted by Crippen LogP contribution is 2.21. The fraction of sp³-hybridized carbons (Fsp3) is 0.143. The quantitative estimate of drug-likeness (QED) is 0.697. The second-order valence-corrected chi connectivity index (χ2v) is 5.84. The molecule has 3 rings (SSSR count). The number of carbonyl (C=O) groups excluding carboxylic acids is 1. The SMILES string of the molecule is COC(=O)c1ccc(C=C(C)CNc2cccc3cccnc23)cc1. The number of anilines is 1. The number of esters is 1. The molecular formula is C21H20N2O2. The summed E-state index contributed by atoms with van der Waals surface area (Å²) in [6, 6.07) is 17.5. The molecule has 1 N–H and O–H groups in total. The predicted molar refractivity (Wildman–Crippen MR) is 102 cm³/mol. The van der Waals surface area contributed by atoms with Crippen molar-refractivity contribution in [3.63, 3.8) is 0 Å². The van der Waals surface area contributed by atoms with Crippen molar-refractivity contribution in [2.75, 3.05) is 19.0 Å². The molecule has 0 saturated heterocycles. The monoisotopic (exact) mass is 332 g/mol. The third-order valence-electron chi connectivity index (χ3n) is 3.94. The first kappa shape index (κ1) is 16.7. The van der Waals surface area contributed by atoms with Crippen molar-refractivity contribution in [1.29, 1.82) is 0 Å². The molecule has 0 unspecified atom stereocenters. The van der Waals surface area contributed by atoms with Gasteiger partial charge in [-0.1, -0.05) is 42.0 Å². The number of hydrogen-bond donors (Lipinski definition) is 1. The average molecular weight is 332 g/mol. The third kappa shape index (κ3) is 4.04. The van der Waals surface area contributed by atoms with Crippen LogP contribution in [0, 0.1) is 0 Å². The fourth-order valence-corrected chi connectivity index (χ4v) is 2.65. The predicted octanol–water partition coefficient (Wildman–Crippen LogP) is 4.54. The molecule has 25 heavy (non-hydrogen) atoms. The molecule has 0 aliphatic heterocycles. The van der Waals surface area contributed by atoms with E-state index in [1.807, 2.05) is 30.3 Å². The second kappa shape index (κ2) is 7.62. The maximum absolute atomic E-state index is 11.5. The zero-order valence-electron chi connectivity index (χ0n) is 14.3. The first-order valence-corrected chi connectivity index (χ1v) is 8.10. The summed E-state index contributed by atoms with van der Waals surface area (Å²) in [5.41, 5.74) is 4.77. The number of hydrogen-bond acceptors (Lipinski definition) is 4. The van der Waals surface area contributed by atoms with Gasteiger partial charge in [0, 0.05) is 18.1 Å². The standard InChI is InChI=1S/C21H20N2O2/c1-15(13-16-8-10-18(11-9-16)21(24)25-2)14-23-19-7-3-5-17-6-4-12-22-20(17)19/h3-13,23H,14H2,1-2H3. The van der Waals surface area contributed by atoms with Gasteiger partial charge in [-0.15, -0.1) is 0 Å². The van der Waals surface area contributed by atoms with Gasteiger partial charge in [0.15, 0.2) is 0 Å². The summed E-state index contributed by atoms with van der Waals surface area (Å²) in [5, 5.41) is 4.56. The number of benzene rings is 2. The Bertz CT molecular complexity index is 909. The van der Waals surface area contributed by atoms with E-state index in [9.17, 15) is 4.79 Å². The highest BCUT2D eigenvalue weighted by molar-refractivity contribution is 5.90. The minimum absolute atomic E-state index is 0.322. The minimum Gasteiger partial charge on any atom is -0.465 e. The Labute approximate surface area is 147 Å². The lowest BCUT2D eigenvalue weighted by atomic mass is 10.1. The molecular weight excluding hydrogens is 312 g/mol. The molecule has 2 aromatic carbocycles. The summed E-state index contributed by atoms with van der Waals surface area (Å²) >= 11 is 0. The molecule has 0 fully saturated rings. The Balaban J connectivity index is 1.70. The van der Waals surface area contributed by atoms with Gasteiger partial charge in [-0.05, 0) is 36.8 Å². The van der Waals surface area contributed by atoms with Crippen LogP contribution in [0.4, 0.5) is 5.69 Å². The van der Waals surface area contributed by atoms with Crippen LogP contribution in [0.2, 0.25) is 0 Å². The topological polar surface area (TPSA) is 51.2 Å². The van der Waals surface area contributed by atoms with E-state index in [4.69, 9.17) is 4.74 Å². The molecule has 0 aliphatic rings. The van der Waals surface area contributed by atoms with Gasteiger partial charge in [0.05, 0.1) is 23.9 Å². The molecule has 1 aromatic heterocycles. The number of rotatable bonds is 5. The lowest BCUT2D eigenvalue weighted by Crippen LogP contribution is -2.03. The van der Waals surface area contributed by atoms with E-state index < -0.39 is 0 Å². The van der Waals surface area contributed by atoms with Crippen LogP contribution in [0.3, 0.4) is 0 Å². The molecule has 0 radical (unpaired) electrons. The molecule has 0 atom stereocenters. The lowest BCUT2D eigenvalue weighted by molar-refractivity contribution is 0.0600. The number of nitrogens with zero attached hydrogens (tertiary/aromatic N) is 1. The van der Waals surface area contributed by atoms with Crippen LogP contribution >= 0.6 is 0 Å². The number of para-hydroxylation sites is 1. The smallest absolute Gasteiger partial charge is 0.337 e. The highest BCUT2D eigenvalue weighted by atomic mass is 16.5. The van der Waals surface area contributed by atoms with Gasteiger partial charge < -0.3 is 10.1 Å². The molecule has 0 aliphatic carbocycles. The highest BCUT2D eigenvalue weighted by Gasteiger charge is 2.04. The molecule has 126 valence electrons. The fourth-order valence-electron chi connectivity index (χ4n) is 2.65. The van der Waals surface area contributed by atoms with Crippen molar-refractivity contribution in [2.45, 2.75) is 6.92 Å². The Morgan fingerprint density at radius 3 is 2.64 bits per heavy atom. The van der Waals surface area contributed by atoms with Crippen LogP contribution in [0.25, 0.3) is 17.0 Å². The minimum atomic E-state index is -0.322. The number of nitrogens with one attached hydrogen (secondary N) is 1. The number of pyridine rings is 1. The Kier molecular flexibility index (Phi) is 5.09. The zero-order chi connectivity index (χ0) is 17.6. The summed E-state index contributed by atoms with van der Waals surface area (Å²) in [6.07, 6.45) is 3.89. The van der Waals surface area contributed by atoms with E-state index >= 15 is 0 Å². The first-order chi connectivity index (χ1) is 12.2. The summed E-state index contributed by atoms with van der Waals surface area (Å²) in [4.78, 5) is 15.9. The van der Waals surface area contributed by atoms with Crippen molar-refractivity contribution in [2.24, 2.45) is 0 Å². The number of fused-ring (bicyclic) bond motifs is 1. The van der Waals surface area contributed by atoms with Crippen molar-refractivity contribution in [3.8, 4) is 0 Å². The largest absolute Gasteiger partial charge is 0.465 e. The van der Waals surface area contributed by atoms with Gasteiger partial charge in [0.25, 0.3) is 0 Å². The van der Waals surface area contributed by atoms with Crippen molar-refractivity contribution < 1.29 is 9.53 Å². The van der Waals surface area contributed by atoms with E-state index in [0.29, 0.717) is 12.1 Å². The zero-order valence-corrected chi connectivity index (χ0v) is 14.3. The molecule has 4 heteroatoms. The van der Waals surface area contributed by atoms with Crippen LogP contribution in [-0.4, -0.2) is 24.6 Å². The number of carbonyl (C=O) groups is 1. The molecule has 0 saturated carbocycles. The maximum Gasteiger partial charge on any atom is 0.337 e. The first-order valence-electron chi connectivity index (χ1n) is 8.10. The van der Waals surface area contributed by atoms with E-state index in [-0.39, 0.29) is 5.97 Å². The average Bonchev–Trinajstić information content (AvgIpc) is 2.66. The van der Waals surface area contributed by atoms with Gasteiger partial charge >= 0.3 is 5.97 Å². The summed E-state index contributed by atoms with van der Waals surface area (Å²) < 4.78 is 4.71. The van der Waals surface area contributed by atoms with E-state index in [2.05, 4.69) is 35.4 Å². The van der Waals surface area contributed by atoms with E-state index in [0.717, 1.165) is 22.2 Å². The van der Waals surface area contributed by atoms with E-state index in [1.54, 1.807) is 18.3 Å². The summed E-state index contributed by atoms with van der Waals surface area (Å²) in [5.74, 6) is -0.322. The van der Waals surface area contributed by atoms with Crippen molar-refractivity contribution in [1.82, 2.24) is 4.98 Å². The Morgan fingerprint density at radius 2 is 1.88 bits per heavy atom. The molecule has 0 spiro atoms. The van der Waals surface area contributed by atoms with Crippen molar-refractivity contribution in [3.05, 3.63) is 77.5 Å². The van der Waals surface area contributed by atoms with E-state index in [1.165, 1.54) is 12.7 Å². The molecule has 0 amide bonds. The van der Waals surface area contributed by atoms with Crippen LogP contribution in [0.1, 0.15) is 22.8 Å². The number of ether oxygens (including phenoxy) is 1. The molecule has 4 nitrogen and oxygen atoms in total. The van der Waals surface area contributed by atoms with Crippen LogP contribution in [0.15, 0.2) is 66.4 Å². The third-order valence-corrected chi connectivity index (χ3v) is 3.94. The van der Waals surface area contributed by atoms with Crippen LogP contribution in [-0.2, 0) is 4.74 Å². The normalized spacial score (nSPS) is 11.4. The summed E-state index contributed by atoms with van der Waals surface area (Å²) in [6.45, 7) is 2.79. The summed E-state index contributed by atoms with van der Waals surface area (Å²) in [7, 11) is 1.38. The lowest BCUT2D eigenvalue weighted by Gasteiger charge is -2.09. The molecule has 1 heterocycles. The van der Waals surface area contributed by atoms with Crippen LogP contribution in [0.5, 0.6) is 0 Å². The number of aromatic nitrogens is 1. The Hall–Kier alpha value is -3.14.